The van der Waals surface area contributed by atoms with Gasteiger partial charge in [-0.2, -0.15) is 5.26 Å². The molecule has 0 saturated carbocycles. The van der Waals surface area contributed by atoms with Crippen molar-refractivity contribution in [2.24, 2.45) is 0 Å². The van der Waals surface area contributed by atoms with E-state index in [9.17, 15) is 13.6 Å². The van der Waals surface area contributed by atoms with E-state index in [1.807, 2.05) is 0 Å². The number of carbonyl (C=O) groups excluding carboxylic acids is 1. The van der Waals surface area contributed by atoms with Crippen molar-refractivity contribution in [2.45, 2.75) is 6.43 Å². The fourth-order valence-electron chi connectivity index (χ4n) is 1.07. The van der Waals surface area contributed by atoms with Crippen LogP contribution in [0.4, 0.5) is 8.78 Å². The topological polar surface area (TPSA) is 63.0 Å². The van der Waals surface area contributed by atoms with Gasteiger partial charge in [-0.1, -0.05) is 11.6 Å². The Balaban J connectivity index is 3.47. The number of hydrogen-bond donors (Lipinski definition) is 0. The van der Waals surface area contributed by atoms with Crippen molar-refractivity contribution in [3.8, 4) is 6.07 Å². The highest BCUT2D eigenvalue weighted by atomic mass is 35.5. The largest absolute Gasteiger partial charge is 0.465 e. The van der Waals surface area contributed by atoms with Crippen molar-refractivity contribution < 1.29 is 18.3 Å². The zero-order valence-electron chi connectivity index (χ0n) is 8.00. The SMILES string of the molecule is COC(=O)c1c(C(F)F)cc(C#N)nc1Cl. The lowest BCUT2D eigenvalue weighted by molar-refractivity contribution is 0.0589. The summed E-state index contributed by atoms with van der Waals surface area (Å²) in [6.07, 6.45) is -2.94. The van der Waals surface area contributed by atoms with Crippen LogP contribution in [0.5, 0.6) is 0 Å². The molecule has 7 heteroatoms. The number of ether oxygens (including phenoxy) is 1. The summed E-state index contributed by atoms with van der Waals surface area (Å²) >= 11 is 5.53. The third-order valence-electron chi connectivity index (χ3n) is 1.74. The second-order valence-electron chi connectivity index (χ2n) is 2.67. The lowest BCUT2D eigenvalue weighted by atomic mass is 10.1. The summed E-state index contributed by atoms with van der Waals surface area (Å²) in [5.74, 6) is -1.02. The number of rotatable bonds is 2. The molecule has 0 spiro atoms. The first kappa shape index (κ1) is 12.3. The van der Waals surface area contributed by atoms with E-state index >= 15 is 0 Å². The summed E-state index contributed by atoms with van der Waals surface area (Å²) in [5, 5.41) is 8.05. The standard InChI is InChI=1S/C9H5ClF2N2O2/c1-16-9(15)6-5(8(11)12)2-4(3-13)14-7(6)10/h2,8H,1H3. The van der Waals surface area contributed by atoms with Gasteiger partial charge >= 0.3 is 5.97 Å². The molecule has 1 aromatic heterocycles. The molecule has 0 aliphatic rings. The number of nitriles is 1. The molecule has 4 nitrogen and oxygen atoms in total. The molecule has 1 heterocycles. The third kappa shape index (κ3) is 2.25. The average molecular weight is 247 g/mol. The molecule has 16 heavy (non-hydrogen) atoms. The molecular weight excluding hydrogens is 242 g/mol. The predicted octanol–water partition coefficient (Wildman–Crippen LogP) is 2.33. The first-order valence-corrected chi connectivity index (χ1v) is 4.36. The van der Waals surface area contributed by atoms with Crippen LogP contribution in [-0.2, 0) is 4.74 Å². The number of esters is 1. The minimum Gasteiger partial charge on any atom is -0.465 e. The number of halogens is 3. The van der Waals surface area contributed by atoms with Gasteiger partial charge in [0.05, 0.1) is 7.11 Å². The summed E-state index contributed by atoms with van der Waals surface area (Å²) in [5.41, 5.74) is -1.46. The maximum absolute atomic E-state index is 12.6. The molecule has 0 radical (unpaired) electrons. The quantitative estimate of drug-likeness (QED) is 0.593. The minimum atomic E-state index is -2.94. The smallest absolute Gasteiger partial charge is 0.341 e. The molecule has 1 rings (SSSR count). The molecule has 0 aromatic carbocycles. The van der Waals surface area contributed by atoms with Crippen LogP contribution in [0, 0.1) is 11.3 Å². The number of carbonyl (C=O) groups is 1. The zero-order valence-corrected chi connectivity index (χ0v) is 8.76. The highest BCUT2D eigenvalue weighted by Gasteiger charge is 2.24. The molecular formula is C9H5ClF2N2O2. The molecule has 0 unspecified atom stereocenters. The van der Waals surface area contributed by atoms with Crippen molar-refractivity contribution in [2.75, 3.05) is 7.11 Å². The molecule has 84 valence electrons. The van der Waals surface area contributed by atoms with E-state index in [4.69, 9.17) is 16.9 Å². The van der Waals surface area contributed by atoms with Crippen molar-refractivity contribution >= 4 is 17.6 Å². The van der Waals surface area contributed by atoms with Gasteiger partial charge in [0.1, 0.15) is 22.5 Å². The van der Waals surface area contributed by atoms with E-state index in [-0.39, 0.29) is 5.69 Å². The van der Waals surface area contributed by atoms with Gasteiger partial charge in [-0.05, 0) is 6.07 Å². The van der Waals surface area contributed by atoms with Crippen LogP contribution in [0.25, 0.3) is 0 Å². The molecule has 0 atom stereocenters. The molecule has 0 N–H and O–H groups in total. The Labute approximate surface area is 94.4 Å². The molecule has 0 fully saturated rings. The Morgan fingerprint density at radius 1 is 1.69 bits per heavy atom. The Hall–Kier alpha value is -1.74. The lowest BCUT2D eigenvalue weighted by Gasteiger charge is -2.08. The number of nitrogens with zero attached hydrogens (tertiary/aromatic N) is 2. The summed E-state index contributed by atoms with van der Waals surface area (Å²) in [6, 6.07) is 2.37. The molecule has 0 bridgehead atoms. The molecule has 0 saturated heterocycles. The fourth-order valence-corrected chi connectivity index (χ4v) is 1.34. The van der Waals surface area contributed by atoms with Crippen molar-refractivity contribution in [3.63, 3.8) is 0 Å². The van der Waals surface area contributed by atoms with E-state index in [0.717, 1.165) is 13.2 Å². The van der Waals surface area contributed by atoms with Crippen LogP contribution in [0.1, 0.15) is 28.0 Å². The summed E-state index contributed by atoms with van der Waals surface area (Å²) in [4.78, 5) is 14.7. The van der Waals surface area contributed by atoms with Crippen molar-refractivity contribution in [1.29, 1.82) is 5.26 Å². The number of hydrogen-bond acceptors (Lipinski definition) is 4. The minimum absolute atomic E-state index is 0.284. The van der Waals surface area contributed by atoms with Crippen LogP contribution in [0.2, 0.25) is 5.15 Å². The zero-order chi connectivity index (χ0) is 12.3. The van der Waals surface area contributed by atoms with Crippen molar-refractivity contribution in [1.82, 2.24) is 4.98 Å². The first-order chi connectivity index (χ1) is 7.51. The third-order valence-corrected chi connectivity index (χ3v) is 2.02. The van der Waals surface area contributed by atoms with E-state index in [1.54, 1.807) is 6.07 Å². The molecule has 0 aliphatic heterocycles. The maximum atomic E-state index is 12.6. The van der Waals surface area contributed by atoms with Gasteiger partial charge in [0.2, 0.25) is 0 Å². The van der Waals surface area contributed by atoms with E-state index in [1.165, 1.54) is 0 Å². The lowest BCUT2D eigenvalue weighted by Crippen LogP contribution is -2.09. The van der Waals surface area contributed by atoms with Gasteiger partial charge in [0, 0.05) is 5.56 Å². The number of aromatic nitrogens is 1. The van der Waals surface area contributed by atoms with Crippen LogP contribution in [-0.4, -0.2) is 18.1 Å². The fraction of sp³-hybridized carbons (Fsp3) is 0.222. The molecule has 1 aromatic rings. The summed E-state index contributed by atoms with van der Waals surface area (Å²) in [6.45, 7) is 0. The van der Waals surface area contributed by atoms with E-state index < -0.39 is 28.7 Å². The van der Waals surface area contributed by atoms with Gasteiger partial charge in [0.15, 0.2) is 0 Å². The Kier molecular flexibility index (Phi) is 3.74. The molecule has 0 amide bonds. The average Bonchev–Trinajstić information content (AvgIpc) is 2.26. The van der Waals surface area contributed by atoms with Crippen LogP contribution in [0.3, 0.4) is 0 Å². The second kappa shape index (κ2) is 4.86. The van der Waals surface area contributed by atoms with Crippen LogP contribution < -0.4 is 0 Å². The Morgan fingerprint density at radius 3 is 2.75 bits per heavy atom. The van der Waals surface area contributed by atoms with Crippen molar-refractivity contribution in [3.05, 3.63) is 28.0 Å². The monoisotopic (exact) mass is 246 g/mol. The van der Waals surface area contributed by atoms with Gasteiger partial charge in [-0.3, -0.25) is 0 Å². The highest BCUT2D eigenvalue weighted by Crippen LogP contribution is 2.28. The van der Waals surface area contributed by atoms with Gasteiger partial charge in [-0.25, -0.2) is 18.6 Å². The van der Waals surface area contributed by atoms with E-state index in [0.29, 0.717) is 0 Å². The maximum Gasteiger partial charge on any atom is 0.341 e. The highest BCUT2D eigenvalue weighted by molar-refractivity contribution is 6.32. The van der Waals surface area contributed by atoms with Crippen LogP contribution in [0.15, 0.2) is 6.07 Å². The summed E-state index contributed by atoms with van der Waals surface area (Å²) < 4.78 is 29.5. The van der Waals surface area contributed by atoms with Crippen LogP contribution >= 0.6 is 11.6 Å². The summed E-state index contributed by atoms with van der Waals surface area (Å²) in [7, 11) is 1.03. The normalized spacial score (nSPS) is 10.0. The Bertz CT molecular complexity index is 471. The number of methoxy groups -OCH3 is 1. The first-order valence-electron chi connectivity index (χ1n) is 3.98. The van der Waals surface area contributed by atoms with Gasteiger partial charge < -0.3 is 4.74 Å². The van der Waals surface area contributed by atoms with Gasteiger partial charge in [0.25, 0.3) is 6.43 Å². The number of pyridine rings is 1. The predicted molar refractivity (Wildman–Crippen MR) is 50.3 cm³/mol. The molecule has 0 aliphatic carbocycles. The Morgan fingerprint density at radius 2 is 2.31 bits per heavy atom. The second-order valence-corrected chi connectivity index (χ2v) is 3.02. The van der Waals surface area contributed by atoms with Gasteiger partial charge in [-0.15, -0.1) is 0 Å². The van der Waals surface area contributed by atoms with E-state index in [2.05, 4.69) is 9.72 Å². The number of alkyl halides is 2.